The molecule has 0 radical (unpaired) electrons. The van der Waals surface area contributed by atoms with E-state index >= 15 is 0 Å². The van der Waals surface area contributed by atoms with Crippen molar-refractivity contribution >= 4 is 40.5 Å². The number of nitrogens with zero attached hydrogens (tertiary/aromatic N) is 3. The number of pyridine rings is 1. The maximum Gasteiger partial charge on any atom is 0.487 e. The van der Waals surface area contributed by atoms with Gasteiger partial charge in [0.1, 0.15) is 11.6 Å². The van der Waals surface area contributed by atoms with Crippen LogP contribution >= 0.6 is 23.1 Å². The molecule has 1 saturated heterocycles. The molecule has 0 spiro atoms. The summed E-state index contributed by atoms with van der Waals surface area (Å²) in [5, 5.41) is 14.4. The Labute approximate surface area is 185 Å². The molecule has 162 valence electrons. The predicted octanol–water partition coefficient (Wildman–Crippen LogP) is 4.20. The summed E-state index contributed by atoms with van der Waals surface area (Å²) in [6.45, 7) is 1.14. The zero-order valence-electron chi connectivity index (χ0n) is 16.0. The van der Waals surface area contributed by atoms with Crippen molar-refractivity contribution in [2.45, 2.75) is 18.1 Å². The molecule has 1 unspecified atom stereocenters. The molecule has 2 aromatic heterocycles. The third-order valence-corrected chi connectivity index (χ3v) is 5.34. The first kappa shape index (κ1) is 21.4. The van der Waals surface area contributed by atoms with Crippen LogP contribution in [-0.4, -0.2) is 45.1 Å². The number of alkyl halides is 3. The second-order valence-corrected chi connectivity index (χ2v) is 8.02. The Bertz CT molecular complexity index is 1060. The van der Waals surface area contributed by atoms with Gasteiger partial charge in [0.2, 0.25) is 0 Å². The van der Waals surface area contributed by atoms with Gasteiger partial charge in [-0.15, -0.1) is 8.78 Å². The number of hydrogen-bond acceptors (Lipinski definition) is 7. The molecule has 1 atom stereocenters. The first-order chi connectivity index (χ1) is 14.8. The number of ether oxygens (including phenoxy) is 1. The van der Waals surface area contributed by atoms with Crippen LogP contribution in [-0.2, 0) is 0 Å². The number of aromatic nitrogens is 2. The topological polar surface area (TPSA) is 87.6 Å². The predicted molar refractivity (Wildman–Crippen MR) is 114 cm³/mol. The number of nitrogens with one attached hydrogen (secondary N) is 1. The van der Waals surface area contributed by atoms with Crippen LogP contribution in [0.3, 0.4) is 0 Å². The van der Waals surface area contributed by atoms with Gasteiger partial charge in [0, 0.05) is 59.3 Å². The second kappa shape index (κ2) is 8.74. The third kappa shape index (κ3) is 5.27. The van der Waals surface area contributed by atoms with E-state index in [0.717, 1.165) is 11.1 Å². The number of halogens is 3. The van der Waals surface area contributed by atoms with Crippen LogP contribution in [0.1, 0.15) is 16.8 Å². The Kier molecular flexibility index (Phi) is 6.03. The fourth-order valence-electron chi connectivity index (χ4n) is 3.26. The van der Waals surface area contributed by atoms with Gasteiger partial charge in [-0.2, -0.15) is 0 Å². The van der Waals surface area contributed by atoms with Gasteiger partial charge in [-0.25, -0.2) is 9.36 Å². The van der Waals surface area contributed by atoms with Crippen molar-refractivity contribution in [1.29, 1.82) is 0 Å². The average molecular weight is 467 g/mol. The quantitative estimate of drug-likeness (QED) is 0.529. The van der Waals surface area contributed by atoms with E-state index in [4.69, 9.17) is 11.6 Å². The lowest BCUT2D eigenvalue weighted by molar-refractivity contribution is -0.0964. The van der Waals surface area contributed by atoms with Crippen LogP contribution in [0.15, 0.2) is 48.1 Å². The Morgan fingerprint density at radius 2 is 2.10 bits per heavy atom. The molecule has 1 aromatic carbocycles. The number of β-amino-alcohol motifs (C(OH)–C–C–N with tert-alkyl or cyclic N) is 1. The number of aliphatic hydroxyl groups excluding tert-OH is 1. The highest BCUT2D eigenvalue weighted by Crippen LogP contribution is 2.33. The summed E-state index contributed by atoms with van der Waals surface area (Å²) in [5.74, 6) is 0.127. The van der Waals surface area contributed by atoms with E-state index in [9.17, 15) is 18.7 Å². The van der Waals surface area contributed by atoms with Crippen LogP contribution in [0.25, 0.3) is 11.1 Å². The van der Waals surface area contributed by atoms with Gasteiger partial charge < -0.3 is 20.1 Å². The number of rotatable bonds is 6. The van der Waals surface area contributed by atoms with Gasteiger partial charge in [-0.3, -0.25) is 4.79 Å². The molecular weight excluding hydrogens is 450 g/mol. The lowest BCUT2D eigenvalue weighted by atomic mass is 10.1. The van der Waals surface area contributed by atoms with Gasteiger partial charge in [0.25, 0.3) is 5.91 Å². The minimum atomic E-state index is -3.81. The largest absolute Gasteiger partial charge is 0.487 e. The van der Waals surface area contributed by atoms with E-state index in [1.54, 1.807) is 12.3 Å². The van der Waals surface area contributed by atoms with Gasteiger partial charge in [-0.05, 0) is 48.3 Å². The lowest BCUT2D eigenvalue weighted by Gasteiger charge is -2.20. The molecule has 1 amide bonds. The zero-order chi connectivity index (χ0) is 22.0. The molecule has 1 aliphatic rings. The number of carbonyl (C=O) groups is 1. The van der Waals surface area contributed by atoms with E-state index in [-0.39, 0.29) is 5.75 Å². The maximum absolute atomic E-state index is 12.7. The fraction of sp³-hybridized carbons (Fsp3) is 0.250. The van der Waals surface area contributed by atoms with Crippen LogP contribution in [0.2, 0.25) is 0 Å². The van der Waals surface area contributed by atoms with Crippen LogP contribution in [0.4, 0.5) is 20.3 Å². The summed E-state index contributed by atoms with van der Waals surface area (Å²) >= 11 is 6.03. The number of anilines is 2. The molecule has 0 saturated carbocycles. The fourth-order valence-corrected chi connectivity index (χ4v) is 3.89. The van der Waals surface area contributed by atoms with E-state index in [1.807, 2.05) is 10.3 Å². The van der Waals surface area contributed by atoms with Crippen molar-refractivity contribution in [2.24, 2.45) is 0 Å². The first-order valence-electron chi connectivity index (χ1n) is 9.28. The summed E-state index contributed by atoms with van der Waals surface area (Å²) in [7, 11) is 0. The van der Waals surface area contributed by atoms with E-state index < -0.39 is 17.6 Å². The van der Waals surface area contributed by atoms with Crippen molar-refractivity contribution in [2.75, 3.05) is 23.3 Å². The molecule has 1 fully saturated rings. The number of carbonyl (C=O) groups excluding carboxylic acids is 1. The lowest BCUT2D eigenvalue weighted by Crippen LogP contribution is -2.23. The standard InChI is InChI=1S/C20H17ClF2N4O3S/c21-20(22,23)30-16-3-1-14(2-4-16)26-19(29)12-7-17(13-9-25-31-11-13)18(24-8-12)27-6-5-15(28)10-27/h1-4,7-9,11,15,28H,5-6,10H2,(H,26,29). The number of benzene rings is 1. The van der Waals surface area contributed by atoms with E-state index in [0.29, 0.717) is 36.6 Å². The summed E-state index contributed by atoms with van der Waals surface area (Å²) in [4.78, 5) is 19.2. The molecule has 7 nitrogen and oxygen atoms in total. The molecule has 4 rings (SSSR count). The molecule has 3 heterocycles. The Balaban J connectivity index is 1.55. The highest BCUT2D eigenvalue weighted by Gasteiger charge is 2.27. The third-order valence-electron chi connectivity index (χ3n) is 4.68. The second-order valence-electron chi connectivity index (χ2n) is 6.92. The van der Waals surface area contributed by atoms with Crippen molar-refractivity contribution in [3.8, 4) is 16.9 Å². The molecule has 1 aliphatic heterocycles. The molecule has 0 aliphatic carbocycles. The molecule has 3 aromatic rings. The molecular formula is C20H17ClF2N4O3S. The monoisotopic (exact) mass is 466 g/mol. The molecule has 2 N–H and O–H groups in total. The van der Waals surface area contributed by atoms with Gasteiger partial charge >= 0.3 is 5.57 Å². The van der Waals surface area contributed by atoms with Gasteiger partial charge in [0.15, 0.2) is 0 Å². The molecule has 11 heteroatoms. The highest BCUT2D eigenvalue weighted by atomic mass is 35.5. The summed E-state index contributed by atoms with van der Waals surface area (Å²) in [5.41, 5.74) is -1.54. The summed E-state index contributed by atoms with van der Waals surface area (Å²) < 4.78 is 33.8. The van der Waals surface area contributed by atoms with Crippen LogP contribution in [0.5, 0.6) is 5.75 Å². The minimum absolute atomic E-state index is 0.135. The van der Waals surface area contributed by atoms with Gasteiger partial charge in [-0.1, -0.05) is 0 Å². The van der Waals surface area contributed by atoms with Crippen molar-refractivity contribution in [3.05, 3.63) is 53.7 Å². The van der Waals surface area contributed by atoms with Crippen LogP contribution < -0.4 is 15.0 Å². The van der Waals surface area contributed by atoms with Crippen molar-refractivity contribution in [3.63, 3.8) is 0 Å². The molecule has 0 bridgehead atoms. The average Bonchev–Trinajstić information content (AvgIpc) is 3.40. The molecule has 31 heavy (non-hydrogen) atoms. The highest BCUT2D eigenvalue weighted by molar-refractivity contribution is 7.03. The zero-order valence-corrected chi connectivity index (χ0v) is 17.5. The number of aliphatic hydroxyl groups is 1. The minimum Gasteiger partial charge on any atom is -0.420 e. The number of amides is 1. The van der Waals surface area contributed by atoms with Crippen molar-refractivity contribution in [1.82, 2.24) is 9.36 Å². The van der Waals surface area contributed by atoms with Crippen molar-refractivity contribution < 1.29 is 23.4 Å². The van der Waals surface area contributed by atoms with E-state index in [1.165, 1.54) is 42.0 Å². The van der Waals surface area contributed by atoms with E-state index in [2.05, 4.69) is 19.4 Å². The SMILES string of the molecule is O=C(Nc1ccc(OC(F)(F)Cl)cc1)c1cnc(N2CCC(O)C2)c(-c2cnsc2)c1. The Hall–Kier alpha value is -2.82. The first-order valence-corrected chi connectivity index (χ1v) is 10.5. The summed E-state index contributed by atoms with van der Waals surface area (Å²) in [6, 6.07) is 7.11. The van der Waals surface area contributed by atoms with Gasteiger partial charge in [0.05, 0.1) is 11.7 Å². The maximum atomic E-state index is 12.7. The smallest absolute Gasteiger partial charge is 0.420 e. The summed E-state index contributed by atoms with van der Waals surface area (Å²) in [6.07, 6.45) is 3.40. The Morgan fingerprint density at radius 3 is 2.71 bits per heavy atom. The Morgan fingerprint density at radius 1 is 1.32 bits per heavy atom. The number of hydrogen-bond donors (Lipinski definition) is 2. The van der Waals surface area contributed by atoms with Crippen LogP contribution in [0, 0.1) is 0 Å². The normalized spacial score (nSPS) is 16.4.